The van der Waals surface area contributed by atoms with E-state index in [4.69, 9.17) is 10.2 Å². The number of carbonyl (C=O) groups excluding carboxylic acids is 2. The standard InChI is InChI=1S/2C2H3NO3.ClH/c2*3-1(4)2(5)6;/h2*(H2,3,4)(H,5,6);1H. The monoisotopic (exact) mass is 214 g/mol. The van der Waals surface area contributed by atoms with Gasteiger partial charge in [0.25, 0.3) is 0 Å². The highest BCUT2D eigenvalue weighted by molar-refractivity contribution is 6.31. The van der Waals surface area contributed by atoms with Gasteiger partial charge in [0, 0.05) is 0 Å². The number of halogens is 1. The van der Waals surface area contributed by atoms with E-state index in [1.807, 2.05) is 0 Å². The summed E-state index contributed by atoms with van der Waals surface area (Å²) in [5, 5.41) is 15.0. The number of carboxylic acids is 2. The van der Waals surface area contributed by atoms with E-state index in [1.54, 1.807) is 0 Å². The Balaban J connectivity index is -0.000000143. The summed E-state index contributed by atoms with van der Waals surface area (Å²) in [4.78, 5) is 37.1. The molecule has 0 rings (SSSR count). The molecule has 13 heavy (non-hydrogen) atoms. The molecule has 0 aromatic heterocycles. The van der Waals surface area contributed by atoms with Crippen LogP contribution in [-0.4, -0.2) is 34.0 Å². The van der Waals surface area contributed by atoms with Crippen LogP contribution in [0, 0.1) is 0 Å². The Morgan fingerprint density at radius 2 is 0.846 bits per heavy atom. The van der Waals surface area contributed by atoms with Gasteiger partial charge in [-0.15, -0.1) is 12.4 Å². The molecule has 0 spiro atoms. The molecule has 9 heteroatoms. The van der Waals surface area contributed by atoms with Crippen LogP contribution in [0.3, 0.4) is 0 Å². The summed E-state index contributed by atoms with van der Waals surface area (Å²) in [5.74, 6) is -5.85. The summed E-state index contributed by atoms with van der Waals surface area (Å²) in [6, 6.07) is 0. The minimum atomic E-state index is -1.60. The van der Waals surface area contributed by atoms with Gasteiger partial charge >= 0.3 is 23.8 Å². The number of nitrogens with two attached hydrogens (primary N) is 2. The van der Waals surface area contributed by atoms with Crippen molar-refractivity contribution in [2.45, 2.75) is 0 Å². The Bertz CT molecular complexity index is 179. The van der Waals surface area contributed by atoms with Gasteiger partial charge in [-0.25, -0.2) is 9.59 Å². The first-order valence-corrected chi connectivity index (χ1v) is 2.34. The van der Waals surface area contributed by atoms with Crippen molar-refractivity contribution < 1.29 is 29.4 Å². The van der Waals surface area contributed by atoms with Crippen LogP contribution in [0.25, 0.3) is 0 Å². The zero-order valence-corrected chi connectivity index (χ0v) is 6.91. The number of primary amides is 2. The fraction of sp³-hybridized carbons (Fsp3) is 0. The van der Waals surface area contributed by atoms with Gasteiger partial charge in [0.15, 0.2) is 0 Å². The van der Waals surface area contributed by atoms with E-state index in [0.717, 1.165) is 0 Å². The number of carbonyl (C=O) groups is 4. The SMILES string of the molecule is Cl.NC(=O)C(=O)O.NC(=O)C(=O)O. The molecule has 76 valence electrons. The fourth-order valence-corrected chi connectivity index (χ4v) is 0. The Morgan fingerprint density at radius 3 is 0.846 bits per heavy atom. The van der Waals surface area contributed by atoms with Crippen LogP contribution >= 0.6 is 12.4 Å². The van der Waals surface area contributed by atoms with Gasteiger partial charge in [-0.2, -0.15) is 0 Å². The van der Waals surface area contributed by atoms with Crippen LogP contribution in [0.2, 0.25) is 0 Å². The molecule has 0 aromatic carbocycles. The van der Waals surface area contributed by atoms with Crippen molar-refractivity contribution in [1.82, 2.24) is 0 Å². The molecule has 0 aliphatic rings. The zero-order chi connectivity index (χ0) is 10.3. The molecule has 2 amide bonds. The average molecular weight is 215 g/mol. The normalized spacial score (nSPS) is 6.77. The Morgan fingerprint density at radius 1 is 0.769 bits per heavy atom. The molecule has 0 aliphatic heterocycles. The third-order valence-corrected chi connectivity index (χ3v) is 0.422. The number of hydrogen-bond donors (Lipinski definition) is 4. The molecule has 0 aliphatic carbocycles. The number of amides is 2. The van der Waals surface area contributed by atoms with Crippen LogP contribution < -0.4 is 11.5 Å². The van der Waals surface area contributed by atoms with Crippen molar-refractivity contribution in [3.8, 4) is 0 Å². The first-order valence-electron chi connectivity index (χ1n) is 2.34. The topological polar surface area (TPSA) is 161 Å². The molecular formula is C4H7ClN2O6. The first kappa shape index (κ1) is 17.3. The predicted octanol–water partition coefficient (Wildman–Crippen LogP) is -2.47. The molecule has 0 fully saturated rings. The third kappa shape index (κ3) is 17.8. The molecule has 0 saturated carbocycles. The molecule has 0 heterocycles. The third-order valence-electron chi connectivity index (χ3n) is 0.422. The van der Waals surface area contributed by atoms with Gasteiger partial charge in [0.05, 0.1) is 0 Å². The van der Waals surface area contributed by atoms with Crippen LogP contribution in [0.1, 0.15) is 0 Å². The van der Waals surface area contributed by atoms with E-state index < -0.39 is 23.8 Å². The van der Waals surface area contributed by atoms with E-state index in [1.165, 1.54) is 0 Å². The highest BCUT2D eigenvalue weighted by Gasteiger charge is 2.00. The lowest BCUT2D eigenvalue weighted by Gasteiger charge is -1.74. The number of aliphatic carboxylic acids is 2. The van der Waals surface area contributed by atoms with Gasteiger partial charge in [0.1, 0.15) is 0 Å². The molecule has 0 bridgehead atoms. The summed E-state index contributed by atoms with van der Waals surface area (Å²) in [6.45, 7) is 0. The maximum absolute atomic E-state index is 9.32. The minimum Gasteiger partial charge on any atom is -0.474 e. The maximum atomic E-state index is 9.32. The largest absolute Gasteiger partial charge is 0.474 e. The van der Waals surface area contributed by atoms with Gasteiger partial charge in [0.2, 0.25) is 0 Å². The van der Waals surface area contributed by atoms with Gasteiger partial charge < -0.3 is 21.7 Å². The van der Waals surface area contributed by atoms with Crippen molar-refractivity contribution >= 4 is 36.2 Å². The average Bonchev–Trinajstić information content (AvgIpc) is 1.88. The molecule has 0 aromatic rings. The van der Waals surface area contributed by atoms with Gasteiger partial charge in [-0.1, -0.05) is 0 Å². The van der Waals surface area contributed by atoms with E-state index in [9.17, 15) is 19.2 Å². The van der Waals surface area contributed by atoms with Crippen molar-refractivity contribution in [1.29, 1.82) is 0 Å². The lowest BCUT2D eigenvalue weighted by Crippen LogP contribution is -2.21. The van der Waals surface area contributed by atoms with E-state index in [2.05, 4.69) is 11.5 Å². The van der Waals surface area contributed by atoms with E-state index in [0.29, 0.717) is 0 Å². The number of rotatable bonds is 0. The molecule has 6 N–H and O–H groups in total. The lowest BCUT2D eigenvalue weighted by atomic mass is 10.7. The predicted molar refractivity (Wildman–Crippen MR) is 40.9 cm³/mol. The van der Waals surface area contributed by atoms with Crippen LogP contribution in [0.15, 0.2) is 0 Å². The zero-order valence-electron chi connectivity index (χ0n) is 6.09. The van der Waals surface area contributed by atoms with Crippen molar-refractivity contribution in [3.05, 3.63) is 0 Å². The summed E-state index contributed by atoms with van der Waals surface area (Å²) < 4.78 is 0. The quantitative estimate of drug-likeness (QED) is 0.327. The van der Waals surface area contributed by atoms with E-state index in [-0.39, 0.29) is 12.4 Å². The summed E-state index contributed by atoms with van der Waals surface area (Å²) in [7, 11) is 0. The highest BCUT2D eigenvalue weighted by Crippen LogP contribution is 1.51. The first-order chi connectivity index (χ1) is 5.29. The molecular weight excluding hydrogens is 208 g/mol. The number of carboxylic acid groups (broad SMARTS) is 2. The van der Waals surface area contributed by atoms with E-state index >= 15 is 0 Å². The fourth-order valence-electron chi connectivity index (χ4n) is 0. The molecule has 0 saturated heterocycles. The summed E-state index contributed by atoms with van der Waals surface area (Å²) in [6.07, 6.45) is 0. The van der Waals surface area contributed by atoms with Crippen LogP contribution in [-0.2, 0) is 19.2 Å². The second-order valence-corrected chi connectivity index (χ2v) is 1.34. The van der Waals surface area contributed by atoms with Crippen molar-refractivity contribution in [2.24, 2.45) is 11.5 Å². The Labute approximate surface area is 77.9 Å². The maximum Gasteiger partial charge on any atom is 0.394 e. The summed E-state index contributed by atoms with van der Waals surface area (Å²) in [5.41, 5.74) is 8.39. The highest BCUT2D eigenvalue weighted by atomic mass is 35.5. The number of hydrogen-bond acceptors (Lipinski definition) is 4. The second kappa shape index (κ2) is 8.27. The minimum absolute atomic E-state index is 0. The van der Waals surface area contributed by atoms with Crippen molar-refractivity contribution in [3.63, 3.8) is 0 Å². The summed E-state index contributed by atoms with van der Waals surface area (Å²) >= 11 is 0. The van der Waals surface area contributed by atoms with Gasteiger partial charge in [-0.05, 0) is 0 Å². The Kier molecular flexibility index (Phi) is 11.0. The smallest absolute Gasteiger partial charge is 0.394 e. The van der Waals surface area contributed by atoms with Gasteiger partial charge in [-0.3, -0.25) is 9.59 Å². The lowest BCUT2D eigenvalue weighted by molar-refractivity contribution is -0.148. The molecule has 0 radical (unpaired) electrons. The Hall–Kier alpha value is -1.83. The van der Waals surface area contributed by atoms with Crippen molar-refractivity contribution in [2.75, 3.05) is 0 Å². The van der Waals surface area contributed by atoms with Crippen LogP contribution in [0.4, 0.5) is 0 Å². The van der Waals surface area contributed by atoms with Crippen LogP contribution in [0.5, 0.6) is 0 Å². The molecule has 0 unspecified atom stereocenters. The second-order valence-electron chi connectivity index (χ2n) is 1.34. The molecule has 8 nitrogen and oxygen atoms in total. The molecule has 0 atom stereocenters.